The Morgan fingerprint density at radius 3 is 2.67 bits per heavy atom. The van der Waals surface area contributed by atoms with Gasteiger partial charge in [-0.05, 0) is 18.4 Å². The van der Waals surface area contributed by atoms with E-state index in [2.05, 4.69) is 4.40 Å². The molecule has 0 saturated heterocycles. The van der Waals surface area contributed by atoms with Gasteiger partial charge in [0.1, 0.15) is 0 Å². The highest BCUT2D eigenvalue weighted by molar-refractivity contribution is 7.98. The Morgan fingerprint density at radius 2 is 2.50 bits per heavy atom. The van der Waals surface area contributed by atoms with Gasteiger partial charge in [-0.15, -0.1) is 0 Å². The van der Waals surface area contributed by atoms with Crippen LogP contribution in [0.5, 0.6) is 0 Å². The number of hydrogen-bond acceptors (Lipinski definition) is 4. The molecule has 1 aliphatic rings. The van der Waals surface area contributed by atoms with Crippen molar-refractivity contribution in [2.24, 2.45) is 11.4 Å². The summed E-state index contributed by atoms with van der Waals surface area (Å²) < 4.78 is 5.44. The standard InChI is InChI=1S/C4H5NOS.C3H5NS/c1-5-4(6)2-3-7-5;1-2-4-5-3-1/h2-3H,1H3;2H,1,3H2. The number of nitrogens with zero attached hydrogens (tertiary/aromatic N) is 2. The first kappa shape index (κ1) is 9.54. The van der Waals surface area contributed by atoms with Gasteiger partial charge in [-0.25, -0.2) is 4.40 Å². The summed E-state index contributed by atoms with van der Waals surface area (Å²) in [5, 5.41) is 1.77. The van der Waals surface area contributed by atoms with Crippen LogP contribution in [0.2, 0.25) is 0 Å². The second-order valence-corrected chi connectivity index (χ2v) is 4.06. The maximum atomic E-state index is 10.4. The average molecular weight is 202 g/mol. The van der Waals surface area contributed by atoms with Crippen molar-refractivity contribution in [3.8, 4) is 0 Å². The monoisotopic (exact) mass is 202 g/mol. The van der Waals surface area contributed by atoms with E-state index in [0.29, 0.717) is 0 Å². The van der Waals surface area contributed by atoms with E-state index in [0.717, 1.165) is 0 Å². The lowest BCUT2D eigenvalue weighted by atomic mass is 10.6. The summed E-state index contributed by atoms with van der Waals surface area (Å²) in [5.74, 6) is 1.19. The molecule has 12 heavy (non-hydrogen) atoms. The molecule has 2 rings (SSSR count). The van der Waals surface area contributed by atoms with Crippen molar-refractivity contribution in [3.05, 3.63) is 21.8 Å². The van der Waals surface area contributed by atoms with E-state index >= 15 is 0 Å². The fourth-order valence-corrected chi connectivity index (χ4v) is 1.65. The molecule has 0 fully saturated rings. The minimum atomic E-state index is 0.0741. The van der Waals surface area contributed by atoms with Gasteiger partial charge in [0, 0.05) is 30.5 Å². The SMILES string of the molecule is C1=NSCC1.Cn1sccc1=O. The van der Waals surface area contributed by atoms with Gasteiger partial charge in [0.15, 0.2) is 0 Å². The van der Waals surface area contributed by atoms with Crippen LogP contribution in [0.15, 0.2) is 20.6 Å². The molecule has 0 radical (unpaired) electrons. The summed E-state index contributed by atoms with van der Waals surface area (Å²) in [7, 11) is 1.74. The van der Waals surface area contributed by atoms with Crippen molar-refractivity contribution >= 4 is 29.7 Å². The molecule has 1 aromatic rings. The average Bonchev–Trinajstić information content (AvgIpc) is 2.67. The Labute approximate surface area is 79.4 Å². The molecule has 0 N–H and O–H groups in total. The van der Waals surface area contributed by atoms with Crippen LogP contribution in [-0.2, 0) is 7.05 Å². The molecule has 0 spiro atoms. The Kier molecular flexibility index (Phi) is 4.10. The van der Waals surface area contributed by atoms with Crippen molar-refractivity contribution in [2.45, 2.75) is 6.42 Å². The van der Waals surface area contributed by atoms with E-state index in [9.17, 15) is 4.79 Å². The second kappa shape index (κ2) is 5.16. The molecule has 5 heteroatoms. The molecular weight excluding hydrogens is 192 g/mol. The smallest absolute Gasteiger partial charge is 0.260 e. The highest BCUT2D eigenvalue weighted by atomic mass is 32.2. The Balaban J connectivity index is 0.000000127. The van der Waals surface area contributed by atoms with Crippen molar-refractivity contribution in [1.29, 1.82) is 0 Å². The van der Waals surface area contributed by atoms with Crippen molar-refractivity contribution in [2.75, 3.05) is 5.75 Å². The van der Waals surface area contributed by atoms with Gasteiger partial charge in [0.05, 0.1) is 0 Å². The minimum absolute atomic E-state index is 0.0741. The van der Waals surface area contributed by atoms with Crippen LogP contribution < -0.4 is 5.56 Å². The fraction of sp³-hybridized carbons (Fsp3) is 0.429. The molecule has 0 atom stereocenters. The van der Waals surface area contributed by atoms with Crippen LogP contribution in [-0.4, -0.2) is 15.9 Å². The van der Waals surface area contributed by atoms with E-state index in [1.54, 1.807) is 34.4 Å². The van der Waals surface area contributed by atoms with Gasteiger partial charge in [-0.2, -0.15) is 0 Å². The molecule has 0 unspecified atom stereocenters. The molecule has 0 aromatic carbocycles. The third-order valence-corrected chi connectivity index (χ3v) is 2.70. The summed E-state index contributed by atoms with van der Waals surface area (Å²) in [4.78, 5) is 10.4. The summed E-state index contributed by atoms with van der Waals surface area (Å²) in [6.07, 6.45) is 3.12. The Morgan fingerprint density at radius 1 is 1.67 bits per heavy atom. The van der Waals surface area contributed by atoms with Crippen LogP contribution >= 0.6 is 23.5 Å². The number of aromatic nitrogens is 1. The largest absolute Gasteiger partial charge is 0.268 e. The molecule has 0 saturated carbocycles. The highest BCUT2D eigenvalue weighted by Gasteiger charge is 1.87. The number of hydrogen-bond donors (Lipinski definition) is 0. The van der Waals surface area contributed by atoms with E-state index in [4.69, 9.17) is 0 Å². The normalized spacial score (nSPS) is 14.1. The van der Waals surface area contributed by atoms with Crippen LogP contribution in [0.1, 0.15) is 6.42 Å². The first-order valence-corrected chi connectivity index (χ1v) is 5.33. The lowest BCUT2D eigenvalue weighted by molar-refractivity contribution is 0.981. The van der Waals surface area contributed by atoms with Gasteiger partial charge in [0.25, 0.3) is 5.56 Å². The van der Waals surface area contributed by atoms with Gasteiger partial charge in [-0.3, -0.25) is 8.75 Å². The fourth-order valence-electron chi connectivity index (χ4n) is 0.600. The summed E-state index contributed by atoms with van der Waals surface area (Å²) in [6, 6.07) is 1.55. The zero-order valence-electron chi connectivity index (χ0n) is 6.77. The number of aryl methyl sites for hydroxylation is 1. The summed E-state index contributed by atoms with van der Waals surface area (Å²) in [6.45, 7) is 0. The molecule has 0 amide bonds. The maximum absolute atomic E-state index is 10.4. The minimum Gasteiger partial charge on any atom is -0.268 e. The summed E-state index contributed by atoms with van der Waals surface area (Å²) in [5.41, 5.74) is 0.0741. The van der Waals surface area contributed by atoms with E-state index in [-0.39, 0.29) is 5.56 Å². The zero-order chi connectivity index (χ0) is 8.81. The van der Waals surface area contributed by atoms with Crippen LogP contribution in [0.3, 0.4) is 0 Å². The van der Waals surface area contributed by atoms with Gasteiger partial charge in [0.2, 0.25) is 0 Å². The van der Waals surface area contributed by atoms with Crippen LogP contribution in [0.25, 0.3) is 0 Å². The highest BCUT2D eigenvalue weighted by Crippen LogP contribution is 2.07. The van der Waals surface area contributed by atoms with Crippen molar-refractivity contribution in [3.63, 3.8) is 0 Å². The lowest BCUT2D eigenvalue weighted by Crippen LogP contribution is -2.05. The lowest BCUT2D eigenvalue weighted by Gasteiger charge is -1.76. The molecule has 1 aliphatic heterocycles. The van der Waals surface area contributed by atoms with E-state index in [1.807, 2.05) is 6.21 Å². The molecule has 3 nitrogen and oxygen atoms in total. The summed E-state index contributed by atoms with van der Waals surface area (Å²) >= 11 is 3.05. The zero-order valence-corrected chi connectivity index (χ0v) is 8.40. The molecule has 0 bridgehead atoms. The molecule has 0 aliphatic carbocycles. The predicted molar refractivity (Wildman–Crippen MR) is 55.1 cm³/mol. The van der Waals surface area contributed by atoms with Crippen molar-refractivity contribution in [1.82, 2.24) is 3.96 Å². The molecule has 66 valence electrons. The van der Waals surface area contributed by atoms with Gasteiger partial charge >= 0.3 is 0 Å². The van der Waals surface area contributed by atoms with Crippen LogP contribution in [0.4, 0.5) is 0 Å². The third-order valence-electron chi connectivity index (χ3n) is 1.23. The Bertz CT molecular complexity index is 296. The predicted octanol–water partition coefficient (Wildman–Crippen LogP) is 1.56. The van der Waals surface area contributed by atoms with E-state index in [1.165, 1.54) is 23.7 Å². The van der Waals surface area contributed by atoms with Gasteiger partial charge in [-0.1, -0.05) is 11.5 Å². The van der Waals surface area contributed by atoms with Gasteiger partial charge < -0.3 is 0 Å². The Hall–Kier alpha value is -0.550. The van der Waals surface area contributed by atoms with Crippen LogP contribution in [0, 0.1) is 0 Å². The first-order chi connectivity index (χ1) is 5.80. The molecular formula is C7H10N2OS2. The first-order valence-electron chi connectivity index (χ1n) is 3.55. The van der Waals surface area contributed by atoms with Crippen molar-refractivity contribution < 1.29 is 0 Å². The maximum Gasteiger partial charge on any atom is 0.260 e. The topological polar surface area (TPSA) is 34.4 Å². The van der Waals surface area contributed by atoms with E-state index < -0.39 is 0 Å². The third kappa shape index (κ3) is 3.23. The second-order valence-electron chi connectivity index (χ2n) is 2.15. The quantitative estimate of drug-likeness (QED) is 0.598. The molecule has 2 heterocycles. The molecule has 1 aromatic heterocycles. The number of rotatable bonds is 0.